The summed E-state index contributed by atoms with van der Waals surface area (Å²) in [5.74, 6) is -1.69. The fourth-order valence-corrected chi connectivity index (χ4v) is 3.19. The Balaban J connectivity index is 1.70. The number of fused-ring (bicyclic) bond motifs is 2. The summed E-state index contributed by atoms with van der Waals surface area (Å²) in [6, 6.07) is 16.4. The molecule has 0 saturated carbocycles. The van der Waals surface area contributed by atoms with E-state index in [1.165, 1.54) is 12.1 Å². The molecule has 4 nitrogen and oxygen atoms in total. The fraction of sp³-hybridized carbons (Fsp3) is 0.100. The lowest BCUT2D eigenvalue weighted by atomic mass is 9.87. The first kappa shape index (κ1) is 15.5. The van der Waals surface area contributed by atoms with E-state index >= 15 is 0 Å². The van der Waals surface area contributed by atoms with Gasteiger partial charge in [0.1, 0.15) is 5.82 Å². The maximum Gasteiger partial charge on any atom is 0.261 e. The highest BCUT2D eigenvalue weighted by Gasteiger charge is 2.47. The van der Waals surface area contributed by atoms with Crippen LogP contribution < -0.4 is 5.32 Å². The van der Waals surface area contributed by atoms with E-state index in [-0.39, 0.29) is 11.3 Å². The van der Waals surface area contributed by atoms with Crippen LogP contribution in [0.1, 0.15) is 22.3 Å². The summed E-state index contributed by atoms with van der Waals surface area (Å²) in [6.07, 6.45) is -0.451. The molecule has 1 aliphatic rings. The molecule has 124 valence electrons. The summed E-state index contributed by atoms with van der Waals surface area (Å²) in [5, 5.41) is 15.2. The van der Waals surface area contributed by atoms with Gasteiger partial charge in [0.25, 0.3) is 5.91 Å². The van der Waals surface area contributed by atoms with E-state index in [0.717, 1.165) is 16.8 Å². The topological polar surface area (TPSA) is 66.4 Å². The van der Waals surface area contributed by atoms with Crippen LogP contribution in [0.3, 0.4) is 0 Å². The number of halogens is 1. The number of anilines is 1. The molecule has 0 saturated heterocycles. The van der Waals surface area contributed by atoms with Gasteiger partial charge in [-0.15, -0.1) is 0 Å². The minimum Gasteiger partial charge on any atom is -0.375 e. The van der Waals surface area contributed by atoms with Gasteiger partial charge in [-0.1, -0.05) is 36.4 Å². The van der Waals surface area contributed by atoms with Crippen LogP contribution in [-0.2, 0) is 10.4 Å². The lowest BCUT2D eigenvalue weighted by Gasteiger charge is -2.20. The predicted molar refractivity (Wildman–Crippen MR) is 91.8 cm³/mol. The Morgan fingerprint density at radius 2 is 1.80 bits per heavy atom. The summed E-state index contributed by atoms with van der Waals surface area (Å²) in [4.78, 5) is 24.9. The highest BCUT2D eigenvalue weighted by atomic mass is 19.1. The molecule has 0 aliphatic carbocycles. The molecular weight excluding hydrogens is 321 g/mol. The Bertz CT molecular complexity index is 1030. The minimum atomic E-state index is -2.07. The fourth-order valence-electron chi connectivity index (χ4n) is 3.19. The molecule has 2 N–H and O–H groups in total. The molecule has 0 spiro atoms. The van der Waals surface area contributed by atoms with Crippen molar-refractivity contribution < 1.29 is 19.1 Å². The van der Waals surface area contributed by atoms with Crippen LogP contribution in [0.4, 0.5) is 10.1 Å². The molecule has 0 bridgehead atoms. The molecule has 1 amide bonds. The molecule has 25 heavy (non-hydrogen) atoms. The molecule has 0 aromatic heterocycles. The van der Waals surface area contributed by atoms with Crippen molar-refractivity contribution in [2.75, 3.05) is 5.32 Å². The highest BCUT2D eigenvalue weighted by molar-refractivity contribution is 6.10. The maximum absolute atomic E-state index is 13.5. The molecule has 3 aromatic carbocycles. The number of carbonyl (C=O) groups is 2. The van der Waals surface area contributed by atoms with E-state index in [1.54, 1.807) is 12.1 Å². The van der Waals surface area contributed by atoms with Gasteiger partial charge < -0.3 is 10.4 Å². The Morgan fingerprint density at radius 3 is 2.60 bits per heavy atom. The molecule has 5 heteroatoms. The number of nitrogens with one attached hydrogen (secondary N) is 1. The van der Waals surface area contributed by atoms with Gasteiger partial charge in [-0.3, -0.25) is 9.59 Å². The number of amides is 1. The van der Waals surface area contributed by atoms with Gasteiger partial charge in [0, 0.05) is 16.8 Å². The van der Waals surface area contributed by atoms with Crippen molar-refractivity contribution in [3.8, 4) is 0 Å². The Morgan fingerprint density at radius 1 is 1.04 bits per heavy atom. The van der Waals surface area contributed by atoms with Crippen LogP contribution in [-0.4, -0.2) is 16.8 Å². The SMILES string of the molecule is O=C(C[C@@]1(O)C(=O)Nc2ccc(F)cc21)c1ccc2ccccc2c1. The van der Waals surface area contributed by atoms with Crippen molar-refractivity contribution in [1.82, 2.24) is 0 Å². The van der Waals surface area contributed by atoms with Crippen molar-refractivity contribution >= 4 is 28.2 Å². The summed E-state index contributed by atoms with van der Waals surface area (Å²) in [6.45, 7) is 0. The second kappa shape index (κ2) is 5.50. The lowest BCUT2D eigenvalue weighted by Crippen LogP contribution is -2.36. The van der Waals surface area contributed by atoms with Crippen LogP contribution in [0.25, 0.3) is 10.8 Å². The van der Waals surface area contributed by atoms with Gasteiger partial charge in [0.05, 0.1) is 6.42 Å². The van der Waals surface area contributed by atoms with E-state index in [9.17, 15) is 19.1 Å². The zero-order valence-electron chi connectivity index (χ0n) is 13.1. The largest absolute Gasteiger partial charge is 0.375 e. The first-order valence-corrected chi connectivity index (χ1v) is 7.83. The van der Waals surface area contributed by atoms with Crippen LogP contribution in [0.15, 0.2) is 60.7 Å². The third-order valence-corrected chi connectivity index (χ3v) is 4.54. The van der Waals surface area contributed by atoms with Crippen LogP contribution in [0.5, 0.6) is 0 Å². The quantitative estimate of drug-likeness (QED) is 0.721. The van der Waals surface area contributed by atoms with E-state index in [4.69, 9.17) is 0 Å². The van der Waals surface area contributed by atoms with Crippen LogP contribution in [0, 0.1) is 5.82 Å². The van der Waals surface area contributed by atoms with Crippen molar-refractivity contribution in [1.29, 1.82) is 0 Å². The lowest BCUT2D eigenvalue weighted by molar-refractivity contribution is -0.133. The first-order chi connectivity index (χ1) is 12.0. The molecule has 0 radical (unpaired) electrons. The number of rotatable bonds is 3. The standard InChI is InChI=1S/C20H14FNO3/c21-15-7-8-17-16(10-15)20(25,19(24)22-17)11-18(23)14-6-5-12-3-1-2-4-13(12)9-14/h1-10,25H,11H2,(H,22,24)/t20-/m0/s1. The molecule has 1 atom stereocenters. The average molecular weight is 335 g/mol. The van der Waals surface area contributed by atoms with Gasteiger partial charge >= 0.3 is 0 Å². The Hall–Kier alpha value is -3.05. The van der Waals surface area contributed by atoms with E-state index in [0.29, 0.717) is 11.3 Å². The van der Waals surface area contributed by atoms with Gasteiger partial charge in [0.2, 0.25) is 0 Å². The van der Waals surface area contributed by atoms with Crippen molar-refractivity contribution in [3.05, 3.63) is 77.6 Å². The van der Waals surface area contributed by atoms with Crippen LogP contribution >= 0.6 is 0 Å². The normalized spacial score (nSPS) is 18.9. The monoisotopic (exact) mass is 335 g/mol. The first-order valence-electron chi connectivity index (χ1n) is 7.83. The summed E-state index contributed by atoms with van der Waals surface area (Å²) in [7, 11) is 0. The van der Waals surface area contributed by atoms with Crippen molar-refractivity contribution in [2.24, 2.45) is 0 Å². The smallest absolute Gasteiger partial charge is 0.261 e. The Labute approximate surface area is 142 Å². The number of hydrogen-bond acceptors (Lipinski definition) is 3. The predicted octanol–water partition coefficient (Wildman–Crippen LogP) is 3.39. The molecule has 1 heterocycles. The number of ketones is 1. The number of benzene rings is 3. The second-order valence-electron chi connectivity index (χ2n) is 6.17. The van der Waals surface area contributed by atoms with Gasteiger partial charge in [-0.2, -0.15) is 0 Å². The van der Waals surface area contributed by atoms with Crippen molar-refractivity contribution in [2.45, 2.75) is 12.0 Å². The molecular formula is C20H14FNO3. The molecule has 0 unspecified atom stereocenters. The van der Waals surface area contributed by atoms with E-state index in [2.05, 4.69) is 5.32 Å². The number of hydrogen-bond donors (Lipinski definition) is 2. The zero-order chi connectivity index (χ0) is 17.6. The number of aliphatic hydroxyl groups is 1. The summed E-state index contributed by atoms with van der Waals surface area (Å²) < 4.78 is 13.5. The van der Waals surface area contributed by atoms with Gasteiger partial charge in [-0.05, 0) is 35.0 Å². The van der Waals surface area contributed by atoms with E-state index < -0.39 is 23.7 Å². The molecule has 4 rings (SSSR count). The third kappa shape index (κ3) is 2.49. The molecule has 3 aromatic rings. The zero-order valence-corrected chi connectivity index (χ0v) is 13.1. The van der Waals surface area contributed by atoms with Crippen molar-refractivity contribution in [3.63, 3.8) is 0 Å². The number of carbonyl (C=O) groups excluding carboxylic acids is 2. The van der Waals surface area contributed by atoms with Crippen LogP contribution in [0.2, 0.25) is 0 Å². The number of Topliss-reactive ketones (excluding diaryl/α,β-unsaturated/α-hetero) is 1. The minimum absolute atomic E-state index is 0.0895. The summed E-state index contributed by atoms with van der Waals surface area (Å²) >= 11 is 0. The molecule has 0 fully saturated rings. The Kier molecular flexibility index (Phi) is 3.40. The molecule has 1 aliphatic heterocycles. The van der Waals surface area contributed by atoms with Gasteiger partial charge in [0.15, 0.2) is 11.4 Å². The average Bonchev–Trinajstić information content (AvgIpc) is 2.85. The highest BCUT2D eigenvalue weighted by Crippen LogP contribution is 2.39. The second-order valence-corrected chi connectivity index (χ2v) is 6.17. The third-order valence-electron chi connectivity index (χ3n) is 4.54. The summed E-state index contributed by atoms with van der Waals surface area (Å²) in [5.41, 5.74) is -1.27. The maximum atomic E-state index is 13.5. The van der Waals surface area contributed by atoms with Gasteiger partial charge in [-0.25, -0.2) is 4.39 Å². The van der Waals surface area contributed by atoms with E-state index in [1.807, 2.05) is 30.3 Å².